The van der Waals surface area contributed by atoms with Crippen molar-refractivity contribution in [3.8, 4) is 11.1 Å². The number of anilines is 1. The predicted octanol–water partition coefficient (Wildman–Crippen LogP) is 3.50. The van der Waals surface area contributed by atoms with Gasteiger partial charge < -0.3 is 20.8 Å². The number of fused-ring (bicyclic) bond motifs is 3. The maximum Gasteiger partial charge on any atom is 0.152 e. The largest absolute Gasteiger partial charge is 0.382 e. The number of nitrogens with two attached hydrogens (primary N) is 2. The monoisotopic (exact) mass is 390 g/mol. The molecule has 0 bridgehead atoms. The van der Waals surface area contributed by atoms with E-state index in [4.69, 9.17) is 21.2 Å². The molecule has 0 unspecified atom stereocenters. The first-order valence-electron chi connectivity index (χ1n) is 9.99. The zero-order chi connectivity index (χ0) is 20.2. The molecule has 0 aliphatic heterocycles. The van der Waals surface area contributed by atoms with E-state index < -0.39 is 0 Å². The minimum absolute atomic E-state index is 0.436. The molecule has 0 fully saturated rings. The Hall–Kier alpha value is -3.03. The lowest BCUT2D eigenvalue weighted by Crippen LogP contribution is -2.08. The predicted molar refractivity (Wildman–Crippen MR) is 116 cm³/mol. The summed E-state index contributed by atoms with van der Waals surface area (Å²) in [6, 6.07) is 10.2. The maximum atomic E-state index is 6.32. The number of aryl methyl sites for hydroxylation is 1. The summed E-state index contributed by atoms with van der Waals surface area (Å²) in [6.45, 7) is 4.55. The number of rotatable bonds is 8. The highest BCUT2D eigenvalue weighted by Crippen LogP contribution is 2.32. The fourth-order valence-corrected chi connectivity index (χ4v) is 3.63. The molecule has 0 aliphatic carbocycles. The number of hydrogen-bond acceptors (Lipinski definition) is 6. The van der Waals surface area contributed by atoms with Crippen molar-refractivity contribution in [1.29, 1.82) is 0 Å². The summed E-state index contributed by atoms with van der Waals surface area (Å²) in [4.78, 5) is 13.6. The van der Waals surface area contributed by atoms with Gasteiger partial charge in [-0.25, -0.2) is 9.97 Å². The Bertz CT molecular complexity index is 1120. The average molecular weight is 390 g/mol. The molecular weight excluding hydrogens is 364 g/mol. The third kappa shape index (κ3) is 3.79. The van der Waals surface area contributed by atoms with E-state index >= 15 is 0 Å². The Morgan fingerprint density at radius 2 is 2.00 bits per heavy atom. The van der Waals surface area contributed by atoms with Crippen LogP contribution < -0.4 is 11.5 Å². The first kappa shape index (κ1) is 19.3. The minimum Gasteiger partial charge on any atom is -0.382 e. The topological polar surface area (TPSA) is 105 Å². The molecule has 0 saturated carbocycles. The van der Waals surface area contributed by atoms with Gasteiger partial charge in [-0.2, -0.15) is 0 Å². The van der Waals surface area contributed by atoms with Crippen LogP contribution in [0.5, 0.6) is 0 Å². The van der Waals surface area contributed by atoms with Gasteiger partial charge in [0.05, 0.1) is 11.0 Å². The Balaban J connectivity index is 1.89. The normalized spacial score (nSPS) is 11.5. The van der Waals surface area contributed by atoms with Crippen molar-refractivity contribution in [2.75, 3.05) is 18.9 Å². The van der Waals surface area contributed by atoms with Gasteiger partial charge in [-0.1, -0.05) is 18.2 Å². The molecule has 150 valence electrons. The second-order valence-electron chi connectivity index (χ2n) is 6.98. The van der Waals surface area contributed by atoms with E-state index in [0.717, 1.165) is 58.3 Å². The van der Waals surface area contributed by atoms with Gasteiger partial charge >= 0.3 is 0 Å². The van der Waals surface area contributed by atoms with Gasteiger partial charge in [-0.05, 0) is 44.0 Å². The van der Waals surface area contributed by atoms with E-state index in [9.17, 15) is 0 Å². The third-order valence-electron chi connectivity index (χ3n) is 5.05. The molecule has 3 heterocycles. The van der Waals surface area contributed by atoms with E-state index in [1.807, 2.05) is 25.3 Å². The first-order chi connectivity index (χ1) is 14.2. The molecule has 7 heteroatoms. The average Bonchev–Trinajstić information content (AvgIpc) is 3.12. The zero-order valence-corrected chi connectivity index (χ0v) is 16.6. The summed E-state index contributed by atoms with van der Waals surface area (Å²) in [5.74, 6) is 1.31. The summed E-state index contributed by atoms with van der Waals surface area (Å²) >= 11 is 0. The second kappa shape index (κ2) is 8.55. The Morgan fingerprint density at radius 1 is 1.10 bits per heavy atom. The molecule has 3 aromatic heterocycles. The van der Waals surface area contributed by atoms with Crippen LogP contribution in [0.3, 0.4) is 0 Å². The van der Waals surface area contributed by atoms with Crippen LogP contribution in [0.15, 0.2) is 42.7 Å². The van der Waals surface area contributed by atoms with Crippen LogP contribution in [0.4, 0.5) is 5.82 Å². The molecule has 0 aliphatic rings. The summed E-state index contributed by atoms with van der Waals surface area (Å²) < 4.78 is 7.86. The standard InChI is InChI=1S/C22H26N6O/c1-2-29-14-19-27-20-21(28(19)11-4-3-9-23)17-8-7-15(12-18(17)26-22(20)24)16-6-5-10-25-13-16/h5-8,10,12-13H,2-4,9,11,14,23H2,1H3,(H2,24,26). The van der Waals surface area contributed by atoms with Crippen molar-refractivity contribution >= 4 is 27.8 Å². The molecule has 0 spiro atoms. The molecule has 0 amide bonds. The highest BCUT2D eigenvalue weighted by molar-refractivity contribution is 6.07. The Labute approximate surface area is 169 Å². The lowest BCUT2D eigenvalue weighted by Gasteiger charge is -2.11. The van der Waals surface area contributed by atoms with Crippen molar-refractivity contribution in [3.63, 3.8) is 0 Å². The van der Waals surface area contributed by atoms with Crippen LogP contribution in [0.2, 0.25) is 0 Å². The molecule has 29 heavy (non-hydrogen) atoms. The van der Waals surface area contributed by atoms with Gasteiger partial charge in [0.25, 0.3) is 0 Å². The molecule has 4 rings (SSSR count). The highest BCUT2D eigenvalue weighted by atomic mass is 16.5. The number of pyridine rings is 2. The number of benzene rings is 1. The zero-order valence-electron chi connectivity index (χ0n) is 16.6. The van der Waals surface area contributed by atoms with Crippen LogP contribution in [-0.4, -0.2) is 32.7 Å². The molecule has 4 aromatic rings. The van der Waals surface area contributed by atoms with Crippen molar-refractivity contribution in [1.82, 2.24) is 19.5 Å². The molecule has 1 aromatic carbocycles. The van der Waals surface area contributed by atoms with Crippen LogP contribution in [0.25, 0.3) is 33.1 Å². The number of nitrogen functional groups attached to an aromatic ring is 1. The van der Waals surface area contributed by atoms with Gasteiger partial charge in [-0.15, -0.1) is 0 Å². The molecular formula is C22H26N6O. The molecule has 0 atom stereocenters. The van der Waals surface area contributed by atoms with E-state index in [1.165, 1.54) is 0 Å². The van der Waals surface area contributed by atoms with E-state index in [-0.39, 0.29) is 0 Å². The number of ether oxygens (including phenoxy) is 1. The molecule has 7 nitrogen and oxygen atoms in total. The van der Waals surface area contributed by atoms with Gasteiger partial charge in [0, 0.05) is 36.5 Å². The number of unbranched alkanes of at least 4 members (excludes halogenated alkanes) is 1. The smallest absolute Gasteiger partial charge is 0.152 e. The number of aromatic nitrogens is 4. The fraction of sp³-hybridized carbons (Fsp3) is 0.318. The third-order valence-corrected chi connectivity index (χ3v) is 5.05. The van der Waals surface area contributed by atoms with Gasteiger partial charge in [0.1, 0.15) is 17.9 Å². The van der Waals surface area contributed by atoms with Crippen LogP contribution in [-0.2, 0) is 17.9 Å². The quantitative estimate of drug-likeness (QED) is 0.446. The first-order valence-corrected chi connectivity index (χ1v) is 9.99. The summed E-state index contributed by atoms with van der Waals surface area (Å²) in [5, 5.41) is 1.03. The van der Waals surface area contributed by atoms with Gasteiger partial charge in [0.15, 0.2) is 5.82 Å². The Kier molecular flexibility index (Phi) is 5.69. The van der Waals surface area contributed by atoms with E-state index in [1.54, 1.807) is 6.20 Å². The van der Waals surface area contributed by atoms with E-state index in [2.05, 4.69) is 32.7 Å². The minimum atomic E-state index is 0.436. The molecule has 0 radical (unpaired) electrons. The maximum absolute atomic E-state index is 6.32. The number of nitrogens with zero attached hydrogens (tertiary/aromatic N) is 4. The summed E-state index contributed by atoms with van der Waals surface area (Å²) in [6.07, 6.45) is 5.54. The lowest BCUT2D eigenvalue weighted by atomic mass is 10.0. The van der Waals surface area contributed by atoms with Crippen LogP contribution in [0, 0.1) is 0 Å². The van der Waals surface area contributed by atoms with Crippen molar-refractivity contribution in [3.05, 3.63) is 48.5 Å². The molecule has 4 N–H and O–H groups in total. The number of hydrogen-bond donors (Lipinski definition) is 2. The van der Waals surface area contributed by atoms with Crippen molar-refractivity contribution < 1.29 is 4.74 Å². The number of imidazole rings is 1. The van der Waals surface area contributed by atoms with Gasteiger partial charge in [0.2, 0.25) is 0 Å². The SMILES string of the molecule is CCOCc1nc2c(N)nc3cc(-c4cccnc4)ccc3c2n1CCCCN. The van der Waals surface area contributed by atoms with Crippen molar-refractivity contribution in [2.45, 2.75) is 32.9 Å². The second-order valence-corrected chi connectivity index (χ2v) is 6.98. The lowest BCUT2D eigenvalue weighted by molar-refractivity contribution is 0.126. The van der Waals surface area contributed by atoms with Crippen LogP contribution in [0.1, 0.15) is 25.6 Å². The Morgan fingerprint density at radius 3 is 2.76 bits per heavy atom. The van der Waals surface area contributed by atoms with E-state index in [0.29, 0.717) is 25.6 Å². The molecule has 0 saturated heterocycles. The summed E-state index contributed by atoms with van der Waals surface area (Å²) in [5.41, 5.74) is 16.7. The van der Waals surface area contributed by atoms with Gasteiger partial charge in [-0.3, -0.25) is 4.98 Å². The highest BCUT2D eigenvalue weighted by Gasteiger charge is 2.17. The summed E-state index contributed by atoms with van der Waals surface area (Å²) in [7, 11) is 0. The fourth-order valence-electron chi connectivity index (χ4n) is 3.63. The van der Waals surface area contributed by atoms with Crippen molar-refractivity contribution in [2.24, 2.45) is 5.73 Å². The van der Waals surface area contributed by atoms with Crippen LogP contribution >= 0.6 is 0 Å².